The molecular formula is C28H26ClF2N5O4S2. The first-order chi connectivity index (χ1) is 20.1. The number of aromatic nitrogens is 3. The number of sulfonamides is 1. The number of nitrogens with zero attached hydrogens (tertiary/aromatic N) is 4. The van der Waals surface area contributed by atoms with Crippen LogP contribution < -0.4 is 5.32 Å². The third-order valence-corrected chi connectivity index (χ3v) is 9.80. The summed E-state index contributed by atoms with van der Waals surface area (Å²) in [6.45, 7) is 3.07. The summed E-state index contributed by atoms with van der Waals surface area (Å²) in [5.41, 5.74) is 1.51. The van der Waals surface area contributed by atoms with E-state index in [0.29, 0.717) is 29.8 Å². The number of morpholine rings is 1. The van der Waals surface area contributed by atoms with Crippen LogP contribution in [-0.2, 0) is 26.1 Å². The van der Waals surface area contributed by atoms with Crippen LogP contribution in [0.4, 0.5) is 14.5 Å². The number of carbonyl (C=O) groups excluding carboxylic acids is 1. The molecule has 1 atom stereocenters. The second kappa shape index (κ2) is 12.9. The highest BCUT2D eigenvalue weighted by Crippen LogP contribution is 2.31. The van der Waals surface area contributed by atoms with Crippen LogP contribution in [0.5, 0.6) is 0 Å². The molecule has 0 radical (unpaired) electrons. The Labute approximate surface area is 250 Å². The van der Waals surface area contributed by atoms with Gasteiger partial charge in [0, 0.05) is 18.7 Å². The first-order valence-electron chi connectivity index (χ1n) is 12.9. The van der Waals surface area contributed by atoms with Crippen LogP contribution >= 0.6 is 23.4 Å². The second-order valence-electron chi connectivity index (χ2n) is 9.44. The molecule has 3 aromatic carbocycles. The SMILES string of the molecule is CC(Sc1nnc(-c2cccc(S(=O)(=O)N3CCOCC3)c2)n1Cc1ccc(F)cc1)C(=O)Nc1ccc(F)cc1Cl. The Morgan fingerprint density at radius 2 is 1.76 bits per heavy atom. The molecule has 4 aromatic rings. The fourth-order valence-electron chi connectivity index (χ4n) is 4.27. The second-order valence-corrected chi connectivity index (χ2v) is 13.1. The molecule has 9 nitrogen and oxygen atoms in total. The van der Waals surface area contributed by atoms with Crippen LogP contribution in [0.3, 0.4) is 0 Å². The molecule has 0 spiro atoms. The summed E-state index contributed by atoms with van der Waals surface area (Å²) in [6, 6.07) is 16.0. The molecule has 1 aliphatic heterocycles. The number of ether oxygens (including phenoxy) is 1. The Balaban J connectivity index is 1.45. The average molecular weight is 634 g/mol. The van der Waals surface area contributed by atoms with Crippen molar-refractivity contribution in [1.29, 1.82) is 0 Å². The van der Waals surface area contributed by atoms with Gasteiger partial charge >= 0.3 is 0 Å². The predicted molar refractivity (Wildman–Crippen MR) is 156 cm³/mol. The van der Waals surface area contributed by atoms with Gasteiger partial charge in [-0.3, -0.25) is 9.36 Å². The molecule has 1 aromatic heterocycles. The lowest BCUT2D eigenvalue weighted by atomic mass is 10.2. The fourth-order valence-corrected chi connectivity index (χ4v) is 6.79. The monoisotopic (exact) mass is 633 g/mol. The molecule has 0 saturated carbocycles. The Morgan fingerprint density at radius 1 is 1.05 bits per heavy atom. The zero-order valence-corrected chi connectivity index (χ0v) is 24.7. The van der Waals surface area contributed by atoms with Gasteiger partial charge in [0.25, 0.3) is 0 Å². The van der Waals surface area contributed by atoms with E-state index < -0.39 is 27.0 Å². The van der Waals surface area contributed by atoms with Gasteiger partial charge in [0.2, 0.25) is 15.9 Å². The number of thioether (sulfide) groups is 1. The predicted octanol–water partition coefficient (Wildman–Crippen LogP) is 5.07. The van der Waals surface area contributed by atoms with Gasteiger partial charge < -0.3 is 10.1 Å². The topological polar surface area (TPSA) is 106 Å². The van der Waals surface area contributed by atoms with Crippen LogP contribution in [0, 0.1) is 11.6 Å². The van der Waals surface area contributed by atoms with Crippen LogP contribution in [0.1, 0.15) is 12.5 Å². The van der Waals surface area contributed by atoms with E-state index in [9.17, 15) is 22.0 Å². The molecule has 1 N–H and O–H groups in total. The summed E-state index contributed by atoms with van der Waals surface area (Å²) in [7, 11) is -3.77. The maximum absolute atomic E-state index is 13.6. The zero-order valence-electron chi connectivity index (χ0n) is 22.3. The normalized spacial score (nSPS) is 15.0. The fraction of sp³-hybridized carbons (Fsp3) is 0.250. The summed E-state index contributed by atoms with van der Waals surface area (Å²) in [5, 5.41) is 11.1. The van der Waals surface area contributed by atoms with Crippen molar-refractivity contribution in [3.05, 3.63) is 89.0 Å². The Bertz CT molecular complexity index is 1700. The molecule has 0 bridgehead atoms. The molecule has 1 aliphatic rings. The van der Waals surface area contributed by atoms with Crippen molar-refractivity contribution in [3.63, 3.8) is 0 Å². The minimum Gasteiger partial charge on any atom is -0.379 e. The maximum atomic E-state index is 13.6. The Kier molecular flexibility index (Phi) is 9.23. The standard InChI is InChI=1S/C28H26ClF2N5O4S2/c1-18(27(37)32-25-10-9-22(31)16-24(25)29)41-28-34-33-26(36(28)17-19-5-7-21(30)8-6-19)20-3-2-4-23(15-20)42(38,39)35-11-13-40-14-12-35/h2-10,15-16,18H,11-14,17H2,1H3,(H,32,37). The molecule has 2 heterocycles. The van der Waals surface area contributed by atoms with E-state index >= 15 is 0 Å². The van der Waals surface area contributed by atoms with Gasteiger partial charge in [-0.15, -0.1) is 10.2 Å². The first kappa shape index (κ1) is 30.1. The van der Waals surface area contributed by atoms with Gasteiger partial charge in [0.05, 0.1) is 40.6 Å². The number of hydrogen-bond donors (Lipinski definition) is 1. The van der Waals surface area contributed by atoms with E-state index in [1.807, 2.05) is 0 Å². The lowest BCUT2D eigenvalue weighted by molar-refractivity contribution is -0.115. The summed E-state index contributed by atoms with van der Waals surface area (Å²) in [5.74, 6) is -0.938. The minimum absolute atomic E-state index is 0.0641. The highest BCUT2D eigenvalue weighted by atomic mass is 35.5. The minimum atomic E-state index is -3.77. The summed E-state index contributed by atoms with van der Waals surface area (Å²) < 4.78 is 62.1. The van der Waals surface area contributed by atoms with Crippen molar-refractivity contribution in [2.75, 3.05) is 31.6 Å². The van der Waals surface area contributed by atoms with Gasteiger partial charge in [-0.2, -0.15) is 4.31 Å². The van der Waals surface area contributed by atoms with E-state index in [2.05, 4.69) is 15.5 Å². The number of carbonyl (C=O) groups is 1. The number of rotatable bonds is 9. The van der Waals surface area contributed by atoms with Gasteiger partial charge in [-0.05, 0) is 55.0 Å². The molecule has 42 heavy (non-hydrogen) atoms. The van der Waals surface area contributed by atoms with Gasteiger partial charge in [-0.1, -0.05) is 47.6 Å². The van der Waals surface area contributed by atoms with E-state index in [-0.39, 0.29) is 41.1 Å². The smallest absolute Gasteiger partial charge is 0.243 e. The molecule has 1 unspecified atom stereocenters. The van der Waals surface area contributed by atoms with Gasteiger partial charge in [0.15, 0.2) is 11.0 Å². The van der Waals surface area contributed by atoms with E-state index in [1.54, 1.807) is 35.8 Å². The zero-order chi connectivity index (χ0) is 29.9. The first-order valence-corrected chi connectivity index (χ1v) is 15.6. The van der Waals surface area contributed by atoms with Crippen molar-refractivity contribution in [2.24, 2.45) is 0 Å². The van der Waals surface area contributed by atoms with Gasteiger partial charge in [0.1, 0.15) is 11.6 Å². The molecule has 1 fully saturated rings. The van der Waals surface area contributed by atoms with Crippen LogP contribution in [0.2, 0.25) is 5.02 Å². The largest absolute Gasteiger partial charge is 0.379 e. The number of nitrogens with one attached hydrogen (secondary N) is 1. The molecule has 220 valence electrons. The number of anilines is 1. The molecule has 1 amide bonds. The van der Waals surface area contributed by atoms with E-state index in [1.165, 1.54) is 40.7 Å². The molecule has 0 aliphatic carbocycles. The Hall–Kier alpha value is -3.36. The number of halogens is 3. The lowest BCUT2D eigenvalue weighted by Gasteiger charge is -2.26. The summed E-state index contributed by atoms with van der Waals surface area (Å²) in [4.78, 5) is 13.1. The maximum Gasteiger partial charge on any atom is 0.243 e. The van der Waals surface area contributed by atoms with Crippen molar-refractivity contribution in [3.8, 4) is 11.4 Å². The third-order valence-electron chi connectivity index (χ3n) is 6.51. The Morgan fingerprint density at radius 3 is 2.48 bits per heavy atom. The van der Waals surface area contributed by atoms with Crippen molar-refractivity contribution in [1.82, 2.24) is 19.1 Å². The van der Waals surface area contributed by atoms with Crippen molar-refractivity contribution < 1.29 is 26.7 Å². The molecular weight excluding hydrogens is 608 g/mol. The van der Waals surface area contributed by atoms with Crippen molar-refractivity contribution in [2.45, 2.75) is 28.8 Å². The quantitative estimate of drug-likeness (QED) is 0.257. The highest BCUT2D eigenvalue weighted by Gasteiger charge is 2.28. The summed E-state index contributed by atoms with van der Waals surface area (Å²) >= 11 is 7.19. The van der Waals surface area contributed by atoms with Gasteiger partial charge in [-0.25, -0.2) is 17.2 Å². The summed E-state index contributed by atoms with van der Waals surface area (Å²) in [6.07, 6.45) is 0. The number of amides is 1. The highest BCUT2D eigenvalue weighted by molar-refractivity contribution is 8.00. The average Bonchev–Trinajstić information content (AvgIpc) is 3.37. The van der Waals surface area contributed by atoms with E-state index in [4.69, 9.17) is 16.3 Å². The number of benzene rings is 3. The van der Waals surface area contributed by atoms with Crippen LogP contribution in [0.15, 0.2) is 76.8 Å². The molecule has 5 rings (SSSR count). The van der Waals surface area contributed by atoms with Crippen LogP contribution in [-0.4, -0.2) is 64.9 Å². The third kappa shape index (κ3) is 6.81. The lowest BCUT2D eigenvalue weighted by Crippen LogP contribution is -2.40. The van der Waals surface area contributed by atoms with Crippen LogP contribution in [0.25, 0.3) is 11.4 Å². The molecule has 14 heteroatoms. The molecule has 1 saturated heterocycles. The number of hydrogen-bond acceptors (Lipinski definition) is 7. The van der Waals surface area contributed by atoms with Crippen molar-refractivity contribution >= 4 is 45.0 Å². The van der Waals surface area contributed by atoms with E-state index in [0.717, 1.165) is 23.4 Å².